The Morgan fingerprint density at radius 2 is 1.62 bits per heavy atom. The van der Waals surface area contributed by atoms with E-state index < -0.39 is 5.02 Å². The molecular weight excluding hydrogens is 346 g/mol. The maximum Gasteiger partial charge on any atom is 0.459 e. The Labute approximate surface area is 108 Å². The van der Waals surface area contributed by atoms with Gasteiger partial charge in [0.05, 0.1) is 0 Å². The lowest BCUT2D eigenvalue weighted by Crippen LogP contribution is -2.14. The summed E-state index contributed by atoms with van der Waals surface area (Å²) in [4.78, 5) is 0. The average Bonchev–Trinajstić information content (AvgIpc) is 2.21. The summed E-state index contributed by atoms with van der Waals surface area (Å²) in [5.74, 6) is 0.140. The van der Waals surface area contributed by atoms with Gasteiger partial charge in [0, 0.05) is 25.8 Å². The Hall–Kier alpha value is -0.680. The molecule has 0 heterocycles. The summed E-state index contributed by atoms with van der Waals surface area (Å²) in [6.07, 6.45) is 0. The van der Waals surface area contributed by atoms with Crippen LogP contribution >= 0.6 is 31.9 Å². The third kappa shape index (κ3) is 2.52. The molecule has 0 saturated carbocycles. The molecule has 0 aliphatic rings. The van der Waals surface area contributed by atoms with Gasteiger partial charge in [-0.15, -0.1) is 0 Å². The van der Waals surface area contributed by atoms with Crippen LogP contribution in [0.15, 0.2) is 40.9 Å². The summed E-state index contributed by atoms with van der Waals surface area (Å²) >= 11 is 5.51. The van der Waals surface area contributed by atoms with Gasteiger partial charge in [0.15, 0.2) is 0 Å². The van der Waals surface area contributed by atoms with Crippen LogP contribution < -0.4 is 4.74 Å². The van der Waals surface area contributed by atoms with Crippen molar-refractivity contribution in [3.63, 3.8) is 0 Å². The Morgan fingerprint density at radius 1 is 1.00 bits per heavy atom. The number of halogens is 4. The predicted octanol–water partition coefficient (Wildman–Crippen LogP) is 4.93. The van der Waals surface area contributed by atoms with Crippen molar-refractivity contribution >= 4 is 42.6 Å². The number of hydrogen-bond donors (Lipinski definition) is 0. The first kappa shape index (κ1) is 11.8. The number of alkyl halides is 3. The molecule has 0 bridgehead atoms. The summed E-state index contributed by atoms with van der Waals surface area (Å²) in [6, 6.07) is 10.3. The van der Waals surface area contributed by atoms with E-state index in [9.17, 15) is 8.78 Å². The molecule has 16 heavy (non-hydrogen) atoms. The molecule has 0 radical (unpaired) electrons. The van der Waals surface area contributed by atoms with Crippen molar-refractivity contribution in [1.29, 1.82) is 0 Å². The molecule has 0 N–H and O–H groups in total. The van der Waals surface area contributed by atoms with Crippen molar-refractivity contribution in [3.8, 4) is 5.75 Å². The lowest BCUT2D eigenvalue weighted by Gasteiger charge is -2.13. The highest BCUT2D eigenvalue weighted by atomic mass is 79.9. The number of benzene rings is 2. The Morgan fingerprint density at radius 3 is 2.25 bits per heavy atom. The molecule has 0 unspecified atom stereocenters. The average molecular weight is 352 g/mol. The van der Waals surface area contributed by atoms with Gasteiger partial charge in [-0.25, -0.2) is 0 Å². The number of fused-ring (bicyclic) bond motifs is 1. The van der Waals surface area contributed by atoms with Gasteiger partial charge in [-0.1, -0.05) is 40.2 Å². The SMILES string of the molecule is FC(F)(Br)Oc1ccc(Br)c2ccccc12. The lowest BCUT2D eigenvalue weighted by molar-refractivity contribution is -0.0793. The molecule has 0 saturated heterocycles. The van der Waals surface area contributed by atoms with Gasteiger partial charge in [0.1, 0.15) is 5.75 Å². The van der Waals surface area contributed by atoms with Crippen LogP contribution in [0.1, 0.15) is 0 Å². The number of hydrogen-bond acceptors (Lipinski definition) is 1. The zero-order valence-electron chi connectivity index (χ0n) is 7.88. The number of ether oxygens (including phenoxy) is 1. The molecule has 0 aromatic heterocycles. The third-order valence-corrected chi connectivity index (χ3v) is 2.91. The normalized spacial score (nSPS) is 11.8. The molecule has 0 aliphatic heterocycles. The summed E-state index contributed by atoms with van der Waals surface area (Å²) in [7, 11) is 0. The van der Waals surface area contributed by atoms with E-state index in [1.165, 1.54) is 6.07 Å². The van der Waals surface area contributed by atoms with E-state index in [-0.39, 0.29) is 5.75 Å². The molecule has 1 nitrogen and oxygen atoms in total. The number of rotatable bonds is 2. The largest absolute Gasteiger partial charge is 0.459 e. The summed E-state index contributed by atoms with van der Waals surface area (Å²) in [6.45, 7) is 0. The quantitative estimate of drug-likeness (QED) is 0.697. The van der Waals surface area contributed by atoms with Crippen LogP contribution in [-0.2, 0) is 0 Å². The Balaban J connectivity index is 2.59. The molecule has 5 heteroatoms. The van der Waals surface area contributed by atoms with Gasteiger partial charge in [-0.3, -0.25) is 0 Å². The van der Waals surface area contributed by atoms with E-state index in [1.54, 1.807) is 18.2 Å². The standard InChI is InChI=1S/C11H6Br2F2O/c12-9-5-6-10(16-11(13,14)15)8-4-2-1-3-7(8)9/h1-6H. The molecule has 0 fully saturated rings. The van der Waals surface area contributed by atoms with Crippen molar-refractivity contribution in [2.75, 3.05) is 0 Å². The van der Waals surface area contributed by atoms with Gasteiger partial charge < -0.3 is 4.74 Å². The minimum atomic E-state index is -3.36. The molecule has 0 amide bonds. The van der Waals surface area contributed by atoms with Crippen LogP contribution in [0.2, 0.25) is 0 Å². The highest BCUT2D eigenvalue weighted by Crippen LogP contribution is 2.35. The zero-order valence-corrected chi connectivity index (χ0v) is 11.1. The Kier molecular flexibility index (Phi) is 3.17. The van der Waals surface area contributed by atoms with Gasteiger partial charge >= 0.3 is 5.02 Å². The summed E-state index contributed by atoms with van der Waals surface area (Å²) in [5.41, 5.74) is 0. The van der Waals surface area contributed by atoms with Crippen molar-refractivity contribution in [3.05, 3.63) is 40.9 Å². The first-order valence-electron chi connectivity index (χ1n) is 4.40. The zero-order chi connectivity index (χ0) is 11.8. The first-order chi connectivity index (χ1) is 7.47. The van der Waals surface area contributed by atoms with Crippen molar-refractivity contribution < 1.29 is 13.5 Å². The van der Waals surface area contributed by atoms with Crippen LogP contribution in [0.3, 0.4) is 0 Å². The molecule has 0 spiro atoms. The molecule has 2 aromatic rings. The molecule has 2 aromatic carbocycles. The molecular formula is C11H6Br2F2O. The monoisotopic (exact) mass is 350 g/mol. The minimum absolute atomic E-state index is 0.140. The maximum absolute atomic E-state index is 12.7. The molecule has 2 rings (SSSR count). The van der Waals surface area contributed by atoms with Gasteiger partial charge in [-0.05, 0) is 17.5 Å². The van der Waals surface area contributed by atoms with Crippen LogP contribution in [0.25, 0.3) is 10.8 Å². The van der Waals surface area contributed by atoms with E-state index in [0.29, 0.717) is 5.39 Å². The fourth-order valence-electron chi connectivity index (χ4n) is 1.45. The second-order valence-corrected chi connectivity index (χ2v) is 4.92. The van der Waals surface area contributed by atoms with Crippen LogP contribution in [0.5, 0.6) is 5.75 Å². The topological polar surface area (TPSA) is 9.23 Å². The van der Waals surface area contributed by atoms with E-state index >= 15 is 0 Å². The smallest absolute Gasteiger partial charge is 0.423 e. The maximum atomic E-state index is 12.7. The minimum Gasteiger partial charge on any atom is -0.423 e. The highest BCUT2D eigenvalue weighted by molar-refractivity contribution is 9.10. The first-order valence-corrected chi connectivity index (χ1v) is 5.99. The molecule has 0 aliphatic carbocycles. The van der Waals surface area contributed by atoms with Crippen LogP contribution in [-0.4, -0.2) is 5.02 Å². The van der Waals surface area contributed by atoms with Crippen molar-refractivity contribution in [2.24, 2.45) is 0 Å². The van der Waals surface area contributed by atoms with E-state index in [0.717, 1.165) is 9.86 Å². The van der Waals surface area contributed by atoms with Crippen molar-refractivity contribution in [1.82, 2.24) is 0 Å². The lowest BCUT2D eigenvalue weighted by atomic mass is 10.1. The summed E-state index contributed by atoms with van der Waals surface area (Å²) in [5, 5.41) is -1.89. The van der Waals surface area contributed by atoms with Gasteiger partial charge in [0.25, 0.3) is 0 Å². The molecule has 84 valence electrons. The van der Waals surface area contributed by atoms with E-state index in [2.05, 4.69) is 36.6 Å². The third-order valence-electron chi connectivity index (χ3n) is 2.06. The van der Waals surface area contributed by atoms with Crippen LogP contribution in [0, 0.1) is 0 Å². The second-order valence-electron chi connectivity index (χ2n) is 3.14. The Bertz CT molecular complexity index is 523. The summed E-state index contributed by atoms with van der Waals surface area (Å²) < 4.78 is 30.8. The van der Waals surface area contributed by atoms with Gasteiger partial charge in [-0.2, -0.15) is 8.78 Å². The van der Waals surface area contributed by atoms with E-state index in [1.807, 2.05) is 12.1 Å². The molecule has 0 atom stereocenters. The van der Waals surface area contributed by atoms with Crippen LogP contribution in [0.4, 0.5) is 8.78 Å². The fourth-order valence-corrected chi connectivity index (χ4v) is 2.10. The second kappa shape index (κ2) is 4.30. The van der Waals surface area contributed by atoms with Gasteiger partial charge in [0.2, 0.25) is 0 Å². The van der Waals surface area contributed by atoms with Crippen molar-refractivity contribution in [2.45, 2.75) is 5.02 Å². The predicted molar refractivity (Wildman–Crippen MR) is 66.2 cm³/mol. The fraction of sp³-hybridized carbons (Fsp3) is 0.0909. The highest BCUT2D eigenvalue weighted by Gasteiger charge is 2.27. The van der Waals surface area contributed by atoms with E-state index in [4.69, 9.17) is 0 Å².